The molecular formula is C14H14ClNO. The number of aromatic nitrogens is 1. The Kier molecular flexibility index (Phi) is 3.99. The maximum Gasteiger partial charge on any atom is 0.118 e. The zero-order chi connectivity index (χ0) is 12.1. The van der Waals surface area contributed by atoms with Crippen LogP contribution in [0.4, 0.5) is 0 Å². The lowest BCUT2D eigenvalue weighted by Crippen LogP contribution is -1.97. The smallest absolute Gasteiger partial charge is 0.118 e. The Bertz CT molecular complexity index is 455. The van der Waals surface area contributed by atoms with Crippen LogP contribution in [-0.4, -0.2) is 12.1 Å². The molecule has 0 radical (unpaired) electrons. The van der Waals surface area contributed by atoms with Gasteiger partial charge in [0.2, 0.25) is 0 Å². The van der Waals surface area contributed by atoms with E-state index in [1.165, 1.54) is 0 Å². The van der Waals surface area contributed by atoms with Crippen molar-refractivity contribution in [2.45, 2.75) is 11.8 Å². The second kappa shape index (κ2) is 5.69. The van der Waals surface area contributed by atoms with E-state index in [0.717, 1.165) is 23.4 Å². The third kappa shape index (κ3) is 3.21. The summed E-state index contributed by atoms with van der Waals surface area (Å²) >= 11 is 6.36. The molecule has 0 amide bonds. The lowest BCUT2D eigenvalue weighted by atomic mass is 10.1. The molecule has 2 rings (SSSR count). The minimum atomic E-state index is -0.0594. The summed E-state index contributed by atoms with van der Waals surface area (Å²) in [5.41, 5.74) is 2.08. The highest BCUT2D eigenvalue weighted by atomic mass is 35.5. The fraction of sp³-hybridized carbons (Fsp3) is 0.214. The summed E-state index contributed by atoms with van der Waals surface area (Å²) in [6.45, 7) is 0. The van der Waals surface area contributed by atoms with Crippen molar-refractivity contribution < 1.29 is 4.74 Å². The van der Waals surface area contributed by atoms with E-state index < -0.39 is 0 Å². The van der Waals surface area contributed by atoms with Crippen LogP contribution in [0.25, 0.3) is 0 Å². The molecule has 1 aromatic carbocycles. The van der Waals surface area contributed by atoms with Gasteiger partial charge >= 0.3 is 0 Å². The fourth-order valence-electron chi connectivity index (χ4n) is 1.63. The van der Waals surface area contributed by atoms with Crippen LogP contribution in [0.3, 0.4) is 0 Å². The summed E-state index contributed by atoms with van der Waals surface area (Å²) in [4.78, 5) is 4.27. The minimum absolute atomic E-state index is 0.0594. The molecule has 3 heteroatoms. The molecule has 17 heavy (non-hydrogen) atoms. The molecule has 2 aromatic rings. The topological polar surface area (TPSA) is 22.1 Å². The number of ether oxygens (including phenoxy) is 1. The molecule has 88 valence electrons. The zero-order valence-corrected chi connectivity index (χ0v) is 10.4. The predicted molar refractivity (Wildman–Crippen MR) is 69.5 cm³/mol. The van der Waals surface area contributed by atoms with Gasteiger partial charge in [0.25, 0.3) is 0 Å². The Balaban J connectivity index is 2.06. The molecule has 0 N–H and O–H groups in total. The molecule has 0 saturated carbocycles. The predicted octanol–water partition coefficient (Wildman–Crippen LogP) is 3.61. The quantitative estimate of drug-likeness (QED) is 0.770. The van der Waals surface area contributed by atoms with Crippen molar-refractivity contribution in [3.05, 3.63) is 59.9 Å². The number of pyridine rings is 1. The van der Waals surface area contributed by atoms with Gasteiger partial charge in [-0.2, -0.15) is 0 Å². The maximum absolute atomic E-state index is 6.36. The Morgan fingerprint density at radius 3 is 2.53 bits per heavy atom. The van der Waals surface area contributed by atoms with Crippen LogP contribution in [0.15, 0.2) is 48.7 Å². The molecule has 1 atom stereocenters. The third-order valence-electron chi connectivity index (χ3n) is 2.59. The summed E-state index contributed by atoms with van der Waals surface area (Å²) in [6.07, 6.45) is 2.52. The van der Waals surface area contributed by atoms with E-state index in [0.29, 0.717) is 0 Å². The van der Waals surface area contributed by atoms with Gasteiger partial charge in [0.1, 0.15) is 5.75 Å². The summed E-state index contributed by atoms with van der Waals surface area (Å²) in [5.74, 6) is 0.843. The molecule has 0 aliphatic carbocycles. The van der Waals surface area contributed by atoms with Gasteiger partial charge in [-0.05, 0) is 29.8 Å². The highest BCUT2D eigenvalue weighted by Gasteiger charge is 2.09. The van der Waals surface area contributed by atoms with Crippen LogP contribution < -0.4 is 4.74 Å². The number of methoxy groups -OCH3 is 1. The maximum atomic E-state index is 6.36. The summed E-state index contributed by atoms with van der Waals surface area (Å²) < 4.78 is 5.11. The third-order valence-corrected chi connectivity index (χ3v) is 3.00. The van der Waals surface area contributed by atoms with Crippen molar-refractivity contribution in [2.24, 2.45) is 0 Å². The first-order chi connectivity index (χ1) is 8.29. The van der Waals surface area contributed by atoms with Gasteiger partial charge in [-0.25, -0.2) is 0 Å². The number of hydrogen-bond donors (Lipinski definition) is 0. The molecule has 1 heterocycles. The number of alkyl halides is 1. The standard InChI is InChI=1S/C14H14ClNO/c1-17-13-7-5-11(6-8-13)14(15)10-12-4-2-3-9-16-12/h2-9,14H,10H2,1H3. The van der Waals surface area contributed by atoms with Crippen molar-refractivity contribution in [1.82, 2.24) is 4.98 Å². The largest absolute Gasteiger partial charge is 0.497 e. The summed E-state index contributed by atoms with van der Waals surface area (Å²) in [5, 5.41) is -0.0594. The average Bonchev–Trinajstić information content (AvgIpc) is 2.40. The second-order valence-electron chi connectivity index (χ2n) is 3.77. The van der Waals surface area contributed by atoms with Crippen molar-refractivity contribution in [1.29, 1.82) is 0 Å². The number of benzene rings is 1. The van der Waals surface area contributed by atoms with E-state index in [1.807, 2.05) is 42.5 Å². The minimum Gasteiger partial charge on any atom is -0.497 e. The molecule has 0 aliphatic rings. The van der Waals surface area contributed by atoms with Gasteiger partial charge in [0.05, 0.1) is 12.5 Å². The van der Waals surface area contributed by atoms with Gasteiger partial charge in [0, 0.05) is 18.3 Å². The van der Waals surface area contributed by atoms with E-state index in [9.17, 15) is 0 Å². The summed E-state index contributed by atoms with van der Waals surface area (Å²) in [6, 6.07) is 13.7. The number of hydrogen-bond acceptors (Lipinski definition) is 2. The second-order valence-corrected chi connectivity index (χ2v) is 4.29. The van der Waals surface area contributed by atoms with Gasteiger partial charge in [-0.3, -0.25) is 4.98 Å². The van der Waals surface area contributed by atoms with Gasteiger partial charge in [-0.1, -0.05) is 18.2 Å². The highest BCUT2D eigenvalue weighted by molar-refractivity contribution is 6.20. The average molecular weight is 248 g/mol. The Morgan fingerprint density at radius 1 is 1.18 bits per heavy atom. The zero-order valence-electron chi connectivity index (χ0n) is 9.64. The molecule has 1 unspecified atom stereocenters. The Hall–Kier alpha value is -1.54. The molecule has 2 nitrogen and oxygen atoms in total. The van der Waals surface area contributed by atoms with Crippen molar-refractivity contribution in [2.75, 3.05) is 7.11 Å². The van der Waals surface area contributed by atoms with E-state index in [4.69, 9.17) is 16.3 Å². The molecule has 0 bridgehead atoms. The van der Waals surface area contributed by atoms with Gasteiger partial charge in [-0.15, -0.1) is 11.6 Å². The lowest BCUT2D eigenvalue weighted by molar-refractivity contribution is 0.414. The van der Waals surface area contributed by atoms with Crippen LogP contribution in [-0.2, 0) is 6.42 Å². The Labute approximate surface area is 106 Å². The van der Waals surface area contributed by atoms with E-state index in [-0.39, 0.29) is 5.38 Å². The molecule has 1 aromatic heterocycles. The molecule has 0 spiro atoms. The van der Waals surface area contributed by atoms with E-state index in [1.54, 1.807) is 13.3 Å². The first-order valence-corrected chi connectivity index (χ1v) is 5.91. The van der Waals surface area contributed by atoms with Crippen LogP contribution in [0.2, 0.25) is 0 Å². The fourth-order valence-corrected chi connectivity index (χ4v) is 1.94. The number of rotatable bonds is 4. The van der Waals surface area contributed by atoms with Crippen molar-refractivity contribution >= 4 is 11.6 Å². The SMILES string of the molecule is COc1ccc(C(Cl)Cc2ccccn2)cc1. The van der Waals surface area contributed by atoms with Crippen LogP contribution >= 0.6 is 11.6 Å². The normalized spacial score (nSPS) is 12.1. The van der Waals surface area contributed by atoms with Crippen LogP contribution in [0.1, 0.15) is 16.6 Å². The van der Waals surface area contributed by atoms with Gasteiger partial charge in [0.15, 0.2) is 0 Å². The van der Waals surface area contributed by atoms with Crippen LogP contribution in [0, 0.1) is 0 Å². The monoisotopic (exact) mass is 247 g/mol. The van der Waals surface area contributed by atoms with E-state index >= 15 is 0 Å². The van der Waals surface area contributed by atoms with Crippen molar-refractivity contribution in [3.8, 4) is 5.75 Å². The molecular weight excluding hydrogens is 234 g/mol. The van der Waals surface area contributed by atoms with Crippen molar-refractivity contribution in [3.63, 3.8) is 0 Å². The first kappa shape index (κ1) is 11.9. The Morgan fingerprint density at radius 2 is 1.94 bits per heavy atom. The lowest BCUT2D eigenvalue weighted by Gasteiger charge is -2.10. The van der Waals surface area contributed by atoms with E-state index in [2.05, 4.69) is 4.98 Å². The molecule has 0 fully saturated rings. The summed E-state index contributed by atoms with van der Waals surface area (Å²) in [7, 11) is 1.65. The van der Waals surface area contributed by atoms with Crippen LogP contribution in [0.5, 0.6) is 5.75 Å². The first-order valence-electron chi connectivity index (χ1n) is 5.47. The molecule has 0 aliphatic heterocycles. The highest BCUT2D eigenvalue weighted by Crippen LogP contribution is 2.25. The van der Waals surface area contributed by atoms with Gasteiger partial charge < -0.3 is 4.74 Å². The molecule has 0 saturated heterocycles. The number of nitrogens with zero attached hydrogens (tertiary/aromatic N) is 1. The number of halogens is 1.